The molecule has 8 heteroatoms. The summed E-state index contributed by atoms with van der Waals surface area (Å²) in [4.78, 5) is 14.4. The normalized spacial score (nSPS) is 16.9. The molecule has 3 heterocycles. The predicted molar refractivity (Wildman–Crippen MR) is 146 cm³/mol. The monoisotopic (exact) mass is 505 g/mol. The van der Waals surface area contributed by atoms with Crippen molar-refractivity contribution in [2.75, 3.05) is 5.32 Å². The molecule has 192 valence electrons. The van der Waals surface area contributed by atoms with Gasteiger partial charge in [0.15, 0.2) is 0 Å². The zero-order valence-corrected chi connectivity index (χ0v) is 21.3. The number of terminal acetylenes is 1. The number of nitrogens with zero attached hydrogens (tertiary/aromatic N) is 6. The number of nitrogens with one attached hydrogen (secondary N) is 1. The van der Waals surface area contributed by atoms with Crippen LogP contribution in [0.4, 0.5) is 5.95 Å². The lowest BCUT2D eigenvalue weighted by Gasteiger charge is -2.21. The molecule has 6 rings (SSSR count). The Morgan fingerprint density at radius 3 is 2.55 bits per heavy atom. The molecule has 0 radical (unpaired) electrons. The number of benzene rings is 1. The lowest BCUT2D eigenvalue weighted by molar-refractivity contribution is 0.0397. The Kier molecular flexibility index (Phi) is 6.61. The van der Waals surface area contributed by atoms with Crippen LogP contribution in [0.2, 0.25) is 0 Å². The van der Waals surface area contributed by atoms with Gasteiger partial charge < -0.3 is 10.4 Å². The number of hydrogen-bond acceptors (Lipinski definition) is 7. The van der Waals surface area contributed by atoms with Crippen molar-refractivity contribution in [3.05, 3.63) is 71.7 Å². The van der Waals surface area contributed by atoms with Crippen molar-refractivity contribution >= 4 is 5.95 Å². The number of hydrogen-bond donors (Lipinski definition) is 2. The molecular formula is C30H31N7O. The van der Waals surface area contributed by atoms with Crippen molar-refractivity contribution in [3.63, 3.8) is 0 Å². The van der Waals surface area contributed by atoms with Crippen molar-refractivity contribution in [1.29, 1.82) is 0 Å². The topological polar surface area (TPSA) is 102 Å². The first-order valence-corrected chi connectivity index (χ1v) is 13.4. The highest BCUT2D eigenvalue weighted by Gasteiger charge is 2.34. The van der Waals surface area contributed by atoms with Crippen LogP contribution in [0.15, 0.2) is 54.7 Å². The molecule has 2 aliphatic carbocycles. The largest absolute Gasteiger partial charge is 0.384 e. The van der Waals surface area contributed by atoms with Gasteiger partial charge in [-0.05, 0) is 56.0 Å². The van der Waals surface area contributed by atoms with Crippen LogP contribution in [-0.4, -0.2) is 41.1 Å². The quantitative estimate of drug-likeness (QED) is 0.343. The Morgan fingerprint density at radius 2 is 1.74 bits per heavy atom. The first-order valence-electron chi connectivity index (χ1n) is 13.4. The molecule has 4 aromatic rings. The predicted octanol–water partition coefficient (Wildman–Crippen LogP) is 4.94. The van der Waals surface area contributed by atoms with Gasteiger partial charge in [0.25, 0.3) is 0 Å². The third-order valence-electron chi connectivity index (χ3n) is 7.58. The summed E-state index contributed by atoms with van der Waals surface area (Å²) in [6.45, 7) is 0.451. The molecule has 2 aliphatic rings. The van der Waals surface area contributed by atoms with Crippen molar-refractivity contribution < 1.29 is 5.11 Å². The van der Waals surface area contributed by atoms with Crippen LogP contribution >= 0.6 is 0 Å². The fourth-order valence-corrected chi connectivity index (χ4v) is 5.51. The van der Waals surface area contributed by atoms with E-state index in [4.69, 9.17) is 21.4 Å². The minimum Gasteiger partial charge on any atom is -0.384 e. The van der Waals surface area contributed by atoms with Gasteiger partial charge in [-0.3, -0.25) is 4.98 Å². The summed E-state index contributed by atoms with van der Waals surface area (Å²) in [5, 5.41) is 23.3. The maximum absolute atomic E-state index is 11.0. The van der Waals surface area contributed by atoms with E-state index in [9.17, 15) is 5.11 Å². The molecule has 0 unspecified atom stereocenters. The lowest BCUT2D eigenvalue weighted by atomic mass is 9.97. The second kappa shape index (κ2) is 10.3. The summed E-state index contributed by atoms with van der Waals surface area (Å²) in [5.41, 5.74) is 4.61. The second-order valence-corrected chi connectivity index (χ2v) is 10.4. The van der Waals surface area contributed by atoms with E-state index in [0.29, 0.717) is 29.9 Å². The molecule has 3 aromatic heterocycles. The van der Waals surface area contributed by atoms with Crippen LogP contribution in [0, 0.1) is 12.3 Å². The average molecular weight is 506 g/mol. The van der Waals surface area contributed by atoms with Crippen molar-refractivity contribution in [3.8, 4) is 35.0 Å². The Morgan fingerprint density at radius 1 is 0.947 bits per heavy atom. The van der Waals surface area contributed by atoms with Gasteiger partial charge in [-0.25, -0.2) is 14.6 Å². The summed E-state index contributed by atoms with van der Waals surface area (Å²) in [7, 11) is 0. The van der Waals surface area contributed by atoms with E-state index in [0.717, 1.165) is 66.7 Å². The zero-order valence-electron chi connectivity index (χ0n) is 21.3. The van der Waals surface area contributed by atoms with Crippen molar-refractivity contribution in [1.82, 2.24) is 29.9 Å². The molecule has 0 amide bonds. The maximum atomic E-state index is 11.0. The van der Waals surface area contributed by atoms with E-state index in [1.54, 1.807) is 4.68 Å². The highest BCUT2D eigenvalue weighted by Crippen LogP contribution is 2.37. The lowest BCUT2D eigenvalue weighted by Crippen LogP contribution is -2.23. The highest BCUT2D eigenvalue weighted by atomic mass is 16.3. The Bertz CT molecular complexity index is 1480. The van der Waals surface area contributed by atoms with Crippen LogP contribution in [0.5, 0.6) is 0 Å². The van der Waals surface area contributed by atoms with E-state index < -0.39 is 5.60 Å². The minimum absolute atomic E-state index is 0.374. The van der Waals surface area contributed by atoms with Crippen LogP contribution in [0.3, 0.4) is 0 Å². The molecule has 2 saturated carbocycles. The number of aromatic nitrogens is 6. The SMILES string of the molecule is C#Cc1cccc(-c2cc(-c3cn(Cc4cccc(C5(O)CCCC5)n4)nn3)nc(NC3CCCC3)n2)c1. The maximum Gasteiger partial charge on any atom is 0.224 e. The van der Waals surface area contributed by atoms with E-state index in [1.165, 1.54) is 12.8 Å². The summed E-state index contributed by atoms with van der Waals surface area (Å²) >= 11 is 0. The van der Waals surface area contributed by atoms with Crippen LogP contribution in [0.25, 0.3) is 22.6 Å². The number of aliphatic hydroxyl groups is 1. The second-order valence-electron chi connectivity index (χ2n) is 10.4. The molecule has 0 atom stereocenters. The number of pyridine rings is 1. The standard InChI is InChI=1S/C30H31N7O/c1-2-21-9-7-10-22(17-21)25-18-26(34-29(33-25)32-23-11-3-4-12-23)27-20-37(36-35-27)19-24-13-8-14-28(31-24)30(38)15-5-6-16-30/h1,7-10,13-14,17-18,20,23,38H,3-6,11-12,15-16,19H2,(H,32,33,34). The minimum atomic E-state index is -0.819. The first-order chi connectivity index (χ1) is 18.6. The van der Waals surface area contributed by atoms with Gasteiger partial charge in [0, 0.05) is 17.2 Å². The van der Waals surface area contributed by atoms with Gasteiger partial charge in [0.2, 0.25) is 5.95 Å². The van der Waals surface area contributed by atoms with E-state index in [1.807, 2.05) is 54.7 Å². The average Bonchev–Trinajstić information content (AvgIpc) is 3.72. The van der Waals surface area contributed by atoms with Crippen LogP contribution < -0.4 is 5.32 Å². The number of anilines is 1. The van der Waals surface area contributed by atoms with Crippen molar-refractivity contribution in [2.45, 2.75) is 69.6 Å². The first kappa shape index (κ1) is 24.3. The Hall–Kier alpha value is -4.09. The van der Waals surface area contributed by atoms with E-state index in [2.05, 4.69) is 21.5 Å². The molecular weight excluding hydrogens is 474 g/mol. The molecule has 0 spiro atoms. The fourth-order valence-electron chi connectivity index (χ4n) is 5.51. The molecule has 0 saturated heterocycles. The molecule has 38 heavy (non-hydrogen) atoms. The van der Waals surface area contributed by atoms with Gasteiger partial charge in [-0.15, -0.1) is 11.5 Å². The van der Waals surface area contributed by atoms with Crippen LogP contribution in [0.1, 0.15) is 68.3 Å². The molecule has 2 fully saturated rings. The molecule has 1 aromatic carbocycles. The zero-order chi connectivity index (χ0) is 26.0. The van der Waals surface area contributed by atoms with Gasteiger partial charge in [0.05, 0.1) is 35.5 Å². The molecule has 0 aliphatic heterocycles. The molecule has 0 bridgehead atoms. The number of rotatable bonds is 7. The summed E-state index contributed by atoms with van der Waals surface area (Å²) in [5.74, 6) is 3.29. The third-order valence-corrected chi connectivity index (χ3v) is 7.58. The Labute approximate surface area is 222 Å². The third kappa shape index (κ3) is 5.15. The smallest absolute Gasteiger partial charge is 0.224 e. The van der Waals surface area contributed by atoms with Gasteiger partial charge in [0.1, 0.15) is 11.3 Å². The summed E-state index contributed by atoms with van der Waals surface area (Å²) in [6, 6.07) is 15.9. The van der Waals surface area contributed by atoms with Gasteiger partial charge >= 0.3 is 0 Å². The van der Waals surface area contributed by atoms with Gasteiger partial charge in [-0.2, -0.15) is 0 Å². The van der Waals surface area contributed by atoms with E-state index in [-0.39, 0.29) is 0 Å². The van der Waals surface area contributed by atoms with E-state index >= 15 is 0 Å². The summed E-state index contributed by atoms with van der Waals surface area (Å²) < 4.78 is 1.75. The highest BCUT2D eigenvalue weighted by molar-refractivity contribution is 5.68. The Balaban J connectivity index is 1.29. The fraction of sp³-hybridized carbons (Fsp3) is 0.367. The molecule has 8 nitrogen and oxygen atoms in total. The van der Waals surface area contributed by atoms with Crippen LogP contribution in [-0.2, 0) is 12.1 Å². The molecule has 2 N–H and O–H groups in total. The van der Waals surface area contributed by atoms with Crippen molar-refractivity contribution in [2.24, 2.45) is 0 Å². The van der Waals surface area contributed by atoms with Gasteiger partial charge in [-0.1, -0.05) is 55.0 Å². The summed E-state index contributed by atoms with van der Waals surface area (Å²) in [6.07, 6.45) is 15.8.